The maximum atomic E-state index is 13.2. The molecule has 1 N–H and O–H groups in total. The van der Waals surface area contributed by atoms with Gasteiger partial charge in [-0.2, -0.15) is 18.3 Å². The summed E-state index contributed by atoms with van der Waals surface area (Å²) in [6, 6.07) is 15.0. The minimum Gasteiger partial charge on any atom is -0.408 e. The number of alkyl halides is 3. The minimum atomic E-state index is -4.59. The highest BCUT2D eigenvalue weighted by atomic mass is 19.4. The van der Waals surface area contributed by atoms with Gasteiger partial charge in [-0.1, -0.05) is 36.4 Å². The average molecular weight is 396 g/mol. The first-order chi connectivity index (χ1) is 13.9. The fraction of sp³-hybridized carbons (Fsp3) is 0.0500. The van der Waals surface area contributed by atoms with Crippen molar-refractivity contribution in [2.75, 3.05) is 0 Å². The second-order valence-corrected chi connectivity index (χ2v) is 6.42. The van der Waals surface area contributed by atoms with Crippen LogP contribution in [-0.2, 0) is 6.18 Å². The predicted octanol–water partition coefficient (Wildman–Crippen LogP) is 4.52. The summed E-state index contributed by atoms with van der Waals surface area (Å²) >= 11 is 0. The van der Waals surface area contributed by atoms with Crippen LogP contribution in [0.25, 0.3) is 39.0 Å². The highest BCUT2D eigenvalue weighted by molar-refractivity contribution is 5.94. The van der Waals surface area contributed by atoms with E-state index in [2.05, 4.69) is 15.1 Å². The molecule has 0 atom stereocenters. The third kappa shape index (κ3) is 2.87. The van der Waals surface area contributed by atoms with Crippen LogP contribution in [0.2, 0.25) is 0 Å². The van der Waals surface area contributed by atoms with Crippen molar-refractivity contribution in [1.82, 2.24) is 19.6 Å². The molecular weight excluding hydrogens is 385 g/mol. The second-order valence-electron chi connectivity index (χ2n) is 6.42. The molecule has 6 nitrogen and oxygen atoms in total. The summed E-state index contributed by atoms with van der Waals surface area (Å²) < 4.78 is 46.2. The topological polar surface area (TPSA) is 76.2 Å². The maximum absolute atomic E-state index is 13.2. The molecule has 3 heterocycles. The first kappa shape index (κ1) is 17.2. The summed E-state index contributed by atoms with van der Waals surface area (Å²) in [5.41, 5.74) is 2.29. The van der Waals surface area contributed by atoms with E-state index in [0.29, 0.717) is 27.9 Å². The number of H-pyrrole nitrogens is 1. The van der Waals surface area contributed by atoms with Crippen molar-refractivity contribution in [1.29, 1.82) is 0 Å². The lowest BCUT2D eigenvalue weighted by atomic mass is 9.99. The predicted molar refractivity (Wildman–Crippen MR) is 99.3 cm³/mol. The average Bonchev–Trinajstić information content (AvgIpc) is 3.26. The van der Waals surface area contributed by atoms with Crippen molar-refractivity contribution in [3.8, 4) is 22.4 Å². The van der Waals surface area contributed by atoms with Gasteiger partial charge < -0.3 is 4.42 Å². The fourth-order valence-corrected chi connectivity index (χ4v) is 3.30. The molecule has 0 aliphatic carbocycles. The number of aromatic nitrogens is 4. The van der Waals surface area contributed by atoms with Gasteiger partial charge in [0.25, 0.3) is 0 Å². The first-order valence-electron chi connectivity index (χ1n) is 8.54. The summed E-state index contributed by atoms with van der Waals surface area (Å²) in [6.45, 7) is 0. The number of hydrogen-bond donors (Lipinski definition) is 1. The van der Waals surface area contributed by atoms with E-state index in [1.54, 1.807) is 18.2 Å². The van der Waals surface area contributed by atoms with Gasteiger partial charge in [-0.3, -0.25) is 4.98 Å². The zero-order chi connectivity index (χ0) is 20.2. The van der Waals surface area contributed by atoms with Gasteiger partial charge in [0.05, 0.1) is 11.0 Å². The number of hydrogen-bond acceptors (Lipinski definition) is 4. The van der Waals surface area contributed by atoms with Crippen molar-refractivity contribution in [3.05, 3.63) is 77.2 Å². The number of nitrogens with one attached hydrogen (secondary N) is 1. The van der Waals surface area contributed by atoms with E-state index >= 15 is 0 Å². The van der Waals surface area contributed by atoms with E-state index in [9.17, 15) is 18.0 Å². The Labute approximate surface area is 160 Å². The highest BCUT2D eigenvalue weighted by Gasteiger charge is 2.33. The van der Waals surface area contributed by atoms with E-state index in [0.717, 1.165) is 18.0 Å². The van der Waals surface area contributed by atoms with E-state index < -0.39 is 17.6 Å². The number of benzene rings is 2. The summed E-state index contributed by atoms with van der Waals surface area (Å²) in [5.74, 6) is -0.608. The van der Waals surface area contributed by atoms with Crippen LogP contribution >= 0.6 is 0 Å². The van der Waals surface area contributed by atoms with Crippen LogP contribution in [0, 0.1) is 0 Å². The third-order valence-corrected chi connectivity index (χ3v) is 4.57. The molecule has 5 aromatic rings. The van der Waals surface area contributed by atoms with Crippen molar-refractivity contribution in [2.24, 2.45) is 0 Å². The Bertz CT molecular complexity index is 1410. The maximum Gasteiger partial charge on any atom is 0.433 e. The normalized spacial score (nSPS) is 12.1. The van der Waals surface area contributed by atoms with Crippen LogP contribution < -0.4 is 5.76 Å². The monoisotopic (exact) mass is 396 g/mol. The molecule has 0 aliphatic heterocycles. The molecule has 0 fully saturated rings. The Morgan fingerprint density at radius 3 is 2.55 bits per heavy atom. The molecule has 144 valence electrons. The molecule has 0 radical (unpaired) electrons. The Morgan fingerprint density at radius 1 is 1.00 bits per heavy atom. The van der Waals surface area contributed by atoms with Crippen LogP contribution in [0.3, 0.4) is 0 Å². The van der Waals surface area contributed by atoms with Gasteiger partial charge in [0.2, 0.25) is 0 Å². The number of nitrogens with zero attached hydrogens (tertiary/aromatic N) is 3. The standard InChI is InChI=1S/C20H11F3N4O2/c21-20(22,23)16-9-14-17(12-6-7-13-15(8-12)29-19(28)25-13)18(26-27(14)10-24-16)11-4-2-1-3-5-11/h1-10H,(H,25,28). The van der Waals surface area contributed by atoms with Gasteiger partial charge >= 0.3 is 11.9 Å². The molecule has 0 spiro atoms. The van der Waals surface area contributed by atoms with Gasteiger partial charge in [0.1, 0.15) is 17.7 Å². The molecular formula is C20H11F3N4O2. The van der Waals surface area contributed by atoms with Crippen LogP contribution in [0.1, 0.15) is 5.69 Å². The van der Waals surface area contributed by atoms with Crippen molar-refractivity contribution < 1.29 is 17.6 Å². The zero-order valence-electron chi connectivity index (χ0n) is 14.6. The van der Waals surface area contributed by atoms with Gasteiger partial charge in [-0.05, 0) is 23.8 Å². The van der Waals surface area contributed by atoms with Crippen molar-refractivity contribution in [3.63, 3.8) is 0 Å². The molecule has 3 aromatic heterocycles. The summed E-state index contributed by atoms with van der Waals surface area (Å²) in [7, 11) is 0. The van der Waals surface area contributed by atoms with Gasteiger partial charge in [0.15, 0.2) is 5.58 Å². The van der Waals surface area contributed by atoms with Crippen molar-refractivity contribution >= 4 is 16.6 Å². The Balaban J connectivity index is 1.85. The van der Waals surface area contributed by atoms with E-state index in [1.165, 1.54) is 4.52 Å². The quantitative estimate of drug-likeness (QED) is 0.476. The Morgan fingerprint density at radius 2 is 1.79 bits per heavy atom. The zero-order valence-corrected chi connectivity index (χ0v) is 14.6. The molecule has 0 saturated heterocycles. The van der Waals surface area contributed by atoms with E-state index in [1.807, 2.05) is 30.3 Å². The molecule has 5 rings (SSSR count). The van der Waals surface area contributed by atoms with Crippen LogP contribution in [0.4, 0.5) is 13.2 Å². The summed E-state index contributed by atoms with van der Waals surface area (Å²) in [4.78, 5) is 17.5. The molecule has 2 aromatic carbocycles. The van der Waals surface area contributed by atoms with E-state index in [-0.39, 0.29) is 5.52 Å². The smallest absolute Gasteiger partial charge is 0.408 e. The summed E-state index contributed by atoms with van der Waals surface area (Å²) in [6.07, 6.45) is -3.55. The Kier molecular flexibility index (Phi) is 3.60. The lowest BCUT2D eigenvalue weighted by Crippen LogP contribution is -2.08. The summed E-state index contributed by atoms with van der Waals surface area (Å²) in [5, 5.41) is 4.45. The largest absolute Gasteiger partial charge is 0.433 e. The molecule has 0 unspecified atom stereocenters. The lowest BCUT2D eigenvalue weighted by Gasteiger charge is -2.07. The van der Waals surface area contributed by atoms with Crippen LogP contribution in [0.15, 0.2) is 70.1 Å². The molecule has 0 aliphatic rings. The molecule has 9 heteroatoms. The second kappa shape index (κ2) is 6.06. The fourth-order valence-electron chi connectivity index (χ4n) is 3.30. The third-order valence-electron chi connectivity index (χ3n) is 4.57. The van der Waals surface area contributed by atoms with Gasteiger partial charge in [-0.15, -0.1) is 0 Å². The molecule has 0 amide bonds. The first-order valence-corrected chi connectivity index (χ1v) is 8.54. The number of fused-ring (bicyclic) bond motifs is 2. The van der Waals surface area contributed by atoms with Gasteiger partial charge in [0, 0.05) is 11.1 Å². The number of aromatic amines is 1. The lowest BCUT2D eigenvalue weighted by molar-refractivity contribution is -0.141. The molecule has 0 bridgehead atoms. The van der Waals surface area contributed by atoms with E-state index in [4.69, 9.17) is 4.42 Å². The molecule has 0 saturated carbocycles. The number of oxazole rings is 1. The molecule has 29 heavy (non-hydrogen) atoms. The van der Waals surface area contributed by atoms with Crippen LogP contribution in [0.5, 0.6) is 0 Å². The number of rotatable bonds is 2. The Hall–Kier alpha value is -3.88. The highest BCUT2D eigenvalue weighted by Crippen LogP contribution is 2.38. The van der Waals surface area contributed by atoms with Gasteiger partial charge in [-0.25, -0.2) is 14.3 Å². The SMILES string of the molecule is O=c1[nH]c2ccc(-c3c(-c4ccccc4)nn4cnc(C(F)(F)F)cc34)cc2o1. The number of halogens is 3. The van der Waals surface area contributed by atoms with Crippen molar-refractivity contribution in [2.45, 2.75) is 6.18 Å². The minimum absolute atomic E-state index is 0.239. The van der Waals surface area contributed by atoms with Crippen LogP contribution in [-0.4, -0.2) is 19.6 Å².